The van der Waals surface area contributed by atoms with Crippen LogP contribution in [0.15, 0.2) is 48.5 Å². The molecule has 0 radical (unpaired) electrons. The van der Waals surface area contributed by atoms with E-state index in [0.717, 1.165) is 5.56 Å². The quantitative estimate of drug-likeness (QED) is 0.500. The van der Waals surface area contributed by atoms with Gasteiger partial charge in [-0.1, -0.05) is 59.6 Å². The summed E-state index contributed by atoms with van der Waals surface area (Å²) in [6.07, 6.45) is -0.114. The minimum atomic E-state index is -1.33. The molecular weight excluding hydrogens is 414 g/mol. The molecule has 2 aromatic rings. The van der Waals surface area contributed by atoms with Gasteiger partial charge in [0.1, 0.15) is 0 Å². The van der Waals surface area contributed by atoms with Crippen LogP contribution in [0.4, 0.5) is 4.39 Å². The highest BCUT2D eigenvalue weighted by Crippen LogP contribution is 2.30. The molecule has 0 aliphatic carbocycles. The third kappa shape index (κ3) is 5.77. The van der Waals surface area contributed by atoms with Crippen LogP contribution in [0.25, 0.3) is 0 Å². The lowest BCUT2D eigenvalue weighted by atomic mass is 9.85. The summed E-state index contributed by atoms with van der Waals surface area (Å²) in [4.78, 5) is 14.0. The Labute approximate surface area is 180 Å². The van der Waals surface area contributed by atoms with E-state index in [2.05, 4.69) is 0 Å². The average Bonchev–Trinajstić information content (AvgIpc) is 2.71. The smallest absolute Gasteiger partial charge is 0.179 e. The normalized spacial score (nSPS) is 18.9. The van der Waals surface area contributed by atoms with E-state index in [0.29, 0.717) is 48.0 Å². The molecule has 2 aromatic carbocycles. The van der Waals surface area contributed by atoms with Gasteiger partial charge in [0.2, 0.25) is 0 Å². The molecule has 7 heteroatoms. The van der Waals surface area contributed by atoms with Crippen molar-refractivity contribution in [3.63, 3.8) is 0 Å². The topological polar surface area (TPSA) is 66.6 Å². The number of benzene rings is 2. The van der Waals surface area contributed by atoms with Gasteiger partial charge in [0, 0.05) is 31.5 Å². The highest BCUT2D eigenvalue weighted by atomic mass is 35.5. The third-order valence-corrected chi connectivity index (χ3v) is 6.22. The molecule has 0 bridgehead atoms. The summed E-state index contributed by atoms with van der Waals surface area (Å²) in [5, 5.41) is 11.8. The van der Waals surface area contributed by atoms with Crippen LogP contribution in [0.1, 0.15) is 35.2 Å². The molecule has 3 N–H and O–H groups in total. The fraction of sp³-hybridized carbons (Fsp3) is 0.409. The summed E-state index contributed by atoms with van der Waals surface area (Å²) in [7, 11) is 0. The number of ketones is 1. The van der Waals surface area contributed by atoms with Crippen LogP contribution in [0.5, 0.6) is 0 Å². The molecule has 0 saturated carbocycles. The number of piperidine rings is 1. The van der Waals surface area contributed by atoms with E-state index in [1.807, 2.05) is 12.1 Å². The Kier molecular flexibility index (Phi) is 7.30. The van der Waals surface area contributed by atoms with Gasteiger partial charge in [-0.15, -0.1) is 0 Å². The van der Waals surface area contributed by atoms with Gasteiger partial charge in [-0.05, 0) is 30.5 Å². The molecule has 0 spiro atoms. The lowest BCUT2D eigenvalue weighted by Gasteiger charge is -2.40. The van der Waals surface area contributed by atoms with Crippen LogP contribution in [0.3, 0.4) is 0 Å². The maximum absolute atomic E-state index is 14.8. The number of aliphatic hydroxyl groups is 1. The second-order valence-corrected chi connectivity index (χ2v) is 8.51. The maximum atomic E-state index is 14.8. The van der Waals surface area contributed by atoms with Crippen molar-refractivity contribution < 1.29 is 14.3 Å². The molecule has 3 rings (SSSR count). The van der Waals surface area contributed by atoms with E-state index in [1.165, 1.54) is 0 Å². The van der Waals surface area contributed by atoms with Gasteiger partial charge >= 0.3 is 0 Å². The summed E-state index contributed by atoms with van der Waals surface area (Å²) in [6.45, 7) is 0.788. The number of hydrogen-bond donors (Lipinski definition) is 2. The van der Waals surface area contributed by atoms with Crippen LogP contribution >= 0.6 is 23.2 Å². The first-order chi connectivity index (χ1) is 13.8. The number of carbonyl (C=O) groups excluding carboxylic acids is 1. The Morgan fingerprint density at radius 1 is 1.14 bits per heavy atom. The average molecular weight is 439 g/mol. The number of nitrogens with zero attached hydrogens (tertiary/aromatic N) is 1. The Morgan fingerprint density at radius 2 is 1.79 bits per heavy atom. The molecule has 2 atom stereocenters. The first kappa shape index (κ1) is 22.2. The standard InChI is InChI=1S/C22H25Cl2FN2O2/c23-17-7-6-15(12-18(17)24)14-22(29)8-10-27(11-9-22)20(25)13-19(26)21(28)16-4-2-1-3-5-16/h1-7,12,19-20,29H,8-11,13-14,26H2. The molecule has 1 heterocycles. The fourth-order valence-electron chi connectivity index (χ4n) is 3.71. The van der Waals surface area contributed by atoms with Crippen molar-refractivity contribution in [1.82, 2.24) is 4.90 Å². The zero-order valence-electron chi connectivity index (χ0n) is 16.0. The van der Waals surface area contributed by atoms with Crippen molar-refractivity contribution in [2.45, 2.75) is 43.6 Å². The van der Waals surface area contributed by atoms with Crippen LogP contribution < -0.4 is 5.73 Å². The van der Waals surface area contributed by atoms with E-state index >= 15 is 0 Å². The molecule has 1 fully saturated rings. The predicted octanol–water partition coefficient (Wildman–Crippen LogP) is 4.26. The number of halogens is 3. The molecule has 1 aliphatic heterocycles. The zero-order chi connectivity index (χ0) is 21.0. The number of nitrogens with two attached hydrogens (primary N) is 1. The van der Waals surface area contributed by atoms with E-state index in [-0.39, 0.29) is 12.2 Å². The number of alkyl halides is 1. The van der Waals surface area contributed by atoms with E-state index in [4.69, 9.17) is 28.9 Å². The van der Waals surface area contributed by atoms with Crippen LogP contribution in [0.2, 0.25) is 10.0 Å². The van der Waals surface area contributed by atoms with Gasteiger partial charge in [0.25, 0.3) is 0 Å². The second-order valence-electron chi connectivity index (χ2n) is 7.69. The summed E-state index contributed by atoms with van der Waals surface area (Å²) in [6, 6.07) is 13.1. The fourth-order valence-corrected chi connectivity index (χ4v) is 4.03. The lowest BCUT2D eigenvalue weighted by Crippen LogP contribution is -2.49. The predicted molar refractivity (Wildman–Crippen MR) is 114 cm³/mol. The van der Waals surface area contributed by atoms with Gasteiger partial charge in [0.05, 0.1) is 21.7 Å². The zero-order valence-corrected chi connectivity index (χ0v) is 17.5. The SMILES string of the molecule is NC(CC(F)N1CCC(O)(Cc2ccc(Cl)c(Cl)c2)CC1)C(=O)c1ccccc1. The van der Waals surface area contributed by atoms with Crippen molar-refractivity contribution in [1.29, 1.82) is 0 Å². The number of Topliss-reactive ketones (excluding diaryl/α,β-unsaturated/α-hetero) is 1. The molecule has 2 unspecified atom stereocenters. The Balaban J connectivity index is 1.52. The van der Waals surface area contributed by atoms with Gasteiger partial charge in [0.15, 0.2) is 12.1 Å². The van der Waals surface area contributed by atoms with Gasteiger partial charge < -0.3 is 10.8 Å². The van der Waals surface area contributed by atoms with E-state index in [1.54, 1.807) is 41.3 Å². The molecule has 0 aromatic heterocycles. The molecule has 156 valence electrons. The number of carbonyl (C=O) groups is 1. The van der Waals surface area contributed by atoms with E-state index in [9.17, 15) is 14.3 Å². The second kappa shape index (κ2) is 9.54. The molecule has 4 nitrogen and oxygen atoms in total. The summed E-state index contributed by atoms with van der Waals surface area (Å²) >= 11 is 12.0. The van der Waals surface area contributed by atoms with Crippen molar-refractivity contribution in [2.75, 3.05) is 13.1 Å². The van der Waals surface area contributed by atoms with Gasteiger partial charge in [-0.2, -0.15) is 0 Å². The van der Waals surface area contributed by atoms with Gasteiger partial charge in [-0.25, -0.2) is 4.39 Å². The van der Waals surface area contributed by atoms with Crippen LogP contribution in [-0.2, 0) is 6.42 Å². The van der Waals surface area contributed by atoms with Crippen LogP contribution in [0, 0.1) is 0 Å². The maximum Gasteiger partial charge on any atom is 0.179 e. The summed E-state index contributed by atoms with van der Waals surface area (Å²) in [5.74, 6) is -0.263. The van der Waals surface area contributed by atoms with Gasteiger partial charge in [-0.3, -0.25) is 9.69 Å². The van der Waals surface area contributed by atoms with Crippen molar-refractivity contribution in [3.05, 3.63) is 69.7 Å². The lowest BCUT2D eigenvalue weighted by molar-refractivity contribution is -0.0517. The number of hydrogen-bond acceptors (Lipinski definition) is 4. The molecular formula is C22H25Cl2FN2O2. The van der Waals surface area contributed by atoms with Crippen molar-refractivity contribution in [2.24, 2.45) is 5.73 Å². The summed E-state index contributed by atoms with van der Waals surface area (Å²) < 4.78 is 14.8. The molecule has 0 amide bonds. The number of likely N-dealkylation sites (tertiary alicyclic amines) is 1. The number of rotatable bonds is 7. The highest BCUT2D eigenvalue weighted by Gasteiger charge is 2.35. The minimum absolute atomic E-state index is 0.0705. The molecule has 1 aliphatic rings. The van der Waals surface area contributed by atoms with Crippen molar-refractivity contribution >= 4 is 29.0 Å². The third-order valence-electron chi connectivity index (χ3n) is 5.49. The van der Waals surface area contributed by atoms with Crippen molar-refractivity contribution in [3.8, 4) is 0 Å². The molecule has 1 saturated heterocycles. The largest absolute Gasteiger partial charge is 0.389 e. The first-order valence-corrected chi connectivity index (χ1v) is 10.4. The van der Waals surface area contributed by atoms with Crippen LogP contribution in [-0.4, -0.2) is 46.8 Å². The first-order valence-electron chi connectivity index (χ1n) is 9.67. The highest BCUT2D eigenvalue weighted by molar-refractivity contribution is 6.42. The Hall–Kier alpha value is -1.50. The summed E-state index contributed by atoms with van der Waals surface area (Å²) in [5.41, 5.74) is 6.41. The monoisotopic (exact) mass is 438 g/mol. The minimum Gasteiger partial charge on any atom is -0.389 e. The van der Waals surface area contributed by atoms with E-state index < -0.39 is 17.9 Å². The molecule has 29 heavy (non-hydrogen) atoms. The Morgan fingerprint density at radius 3 is 2.41 bits per heavy atom. The Bertz CT molecular complexity index is 842.